The van der Waals surface area contributed by atoms with Crippen molar-refractivity contribution in [2.45, 2.75) is 36.7 Å². The molecule has 5 rings (SSSR count). The van der Waals surface area contributed by atoms with Crippen LogP contribution in [0.3, 0.4) is 0 Å². The molecule has 0 aliphatic carbocycles. The Labute approximate surface area is 220 Å². The highest BCUT2D eigenvalue weighted by molar-refractivity contribution is 6.20. The molecule has 4 heterocycles. The van der Waals surface area contributed by atoms with Crippen molar-refractivity contribution in [2.24, 2.45) is 5.73 Å². The second-order valence-electron chi connectivity index (χ2n) is 9.30. The normalized spacial score (nSPS) is 20.3. The van der Waals surface area contributed by atoms with Crippen LogP contribution in [-0.4, -0.2) is 75.0 Å². The summed E-state index contributed by atoms with van der Waals surface area (Å²) in [5.74, 6) is -0.268. The highest BCUT2D eigenvalue weighted by atomic mass is 35.5. The number of fused-ring (bicyclic) bond motifs is 2. The second kappa shape index (κ2) is 10.3. The molecule has 3 aromatic heterocycles. The first-order chi connectivity index (χ1) is 18.0. The van der Waals surface area contributed by atoms with Crippen molar-refractivity contribution in [1.29, 1.82) is 0 Å². The predicted molar refractivity (Wildman–Crippen MR) is 134 cm³/mol. The van der Waals surface area contributed by atoms with Gasteiger partial charge in [-0.1, -0.05) is 12.1 Å². The number of nitrogens with two attached hydrogens (primary N) is 1. The zero-order valence-corrected chi connectivity index (χ0v) is 21.2. The SMILES string of the molecule is COc1cc2nc(-c3nnc4ccc([C@@H](N5C[C@@H](N)[C@@H](OC[C@@H](C)Cl)C5)C(F)(F)F)cn34)ccc2cc1F. The molecule has 0 spiro atoms. The molecule has 0 amide bonds. The molecule has 0 bridgehead atoms. The number of halogens is 5. The third-order valence-electron chi connectivity index (χ3n) is 6.49. The first-order valence-corrected chi connectivity index (χ1v) is 12.3. The van der Waals surface area contributed by atoms with Crippen LogP contribution in [0.1, 0.15) is 18.5 Å². The van der Waals surface area contributed by atoms with Gasteiger partial charge in [-0.25, -0.2) is 9.37 Å². The van der Waals surface area contributed by atoms with Crippen molar-refractivity contribution in [3.63, 3.8) is 0 Å². The summed E-state index contributed by atoms with van der Waals surface area (Å²) < 4.78 is 69.5. The van der Waals surface area contributed by atoms with Gasteiger partial charge in [-0.2, -0.15) is 13.2 Å². The molecule has 4 atom stereocenters. The number of alkyl halides is 4. The molecule has 8 nitrogen and oxygen atoms in total. The lowest BCUT2D eigenvalue weighted by atomic mass is 10.1. The van der Waals surface area contributed by atoms with E-state index >= 15 is 0 Å². The maximum absolute atomic E-state index is 14.4. The van der Waals surface area contributed by atoms with Crippen molar-refractivity contribution in [1.82, 2.24) is 24.5 Å². The molecule has 0 saturated carbocycles. The number of rotatable bonds is 7. The lowest BCUT2D eigenvalue weighted by Crippen LogP contribution is -2.38. The first kappa shape index (κ1) is 26.5. The van der Waals surface area contributed by atoms with E-state index in [0.29, 0.717) is 22.2 Å². The number of benzene rings is 1. The Morgan fingerprint density at radius 2 is 1.95 bits per heavy atom. The van der Waals surface area contributed by atoms with E-state index in [2.05, 4.69) is 15.2 Å². The second-order valence-corrected chi connectivity index (χ2v) is 10.0. The summed E-state index contributed by atoms with van der Waals surface area (Å²) in [6, 6.07) is 6.35. The van der Waals surface area contributed by atoms with Gasteiger partial charge in [0.15, 0.2) is 23.0 Å². The monoisotopic (exact) mass is 552 g/mol. The fourth-order valence-corrected chi connectivity index (χ4v) is 4.80. The molecule has 2 N–H and O–H groups in total. The quantitative estimate of drug-likeness (QED) is 0.269. The molecule has 202 valence electrons. The number of likely N-dealkylation sites (tertiary alicyclic amines) is 1. The summed E-state index contributed by atoms with van der Waals surface area (Å²) in [7, 11) is 1.35. The Bertz CT molecular complexity index is 1460. The van der Waals surface area contributed by atoms with Crippen molar-refractivity contribution in [2.75, 3.05) is 26.8 Å². The van der Waals surface area contributed by atoms with Crippen LogP contribution in [-0.2, 0) is 4.74 Å². The number of hydrogen-bond acceptors (Lipinski definition) is 7. The topological polar surface area (TPSA) is 90.8 Å². The lowest BCUT2D eigenvalue weighted by molar-refractivity contribution is -0.184. The first-order valence-electron chi connectivity index (χ1n) is 11.9. The molecule has 1 aliphatic heterocycles. The molecule has 38 heavy (non-hydrogen) atoms. The molecule has 1 aliphatic rings. The van der Waals surface area contributed by atoms with E-state index in [0.717, 1.165) is 0 Å². The highest BCUT2D eigenvalue weighted by Gasteiger charge is 2.48. The van der Waals surface area contributed by atoms with E-state index in [9.17, 15) is 17.6 Å². The molecule has 0 radical (unpaired) electrons. The zero-order chi connectivity index (χ0) is 27.2. The number of hydrogen-bond donors (Lipinski definition) is 1. The van der Waals surface area contributed by atoms with Gasteiger partial charge in [0.2, 0.25) is 0 Å². The molecule has 4 aromatic rings. The summed E-state index contributed by atoms with van der Waals surface area (Å²) in [6.45, 7) is 1.94. The Kier molecular flexibility index (Phi) is 7.16. The molecule has 1 saturated heterocycles. The van der Waals surface area contributed by atoms with E-state index in [4.69, 9.17) is 26.8 Å². The van der Waals surface area contributed by atoms with E-state index in [1.165, 1.54) is 46.9 Å². The number of ether oxygens (including phenoxy) is 2. The average molecular weight is 553 g/mol. The molecular formula is C25H25ClF4N6O2. The van der Waals surface area contributed by atoms with Crippen LogP contribution in [0.5, 0.6) is 5.75 Å². The number of methoxy groups -OCH3 is 1. The third-order valence-corrected chi connectivity index (χ3v) is 6.61. The van der Waals surface area contributed by atoms with Crippen molar-refractivity contribution in [3.8, 4) is 17.3 Å². The minimum absolute atomic E-state index is 0.00318. The van der Waals surface area contributed by atoms with Gasteiger partial charge in [0.1, 0.15) is 11.7 Å². The molecule has 13 heteroatoms. The van der Waals surface area contributed by atoms with Gasteiger partial charge in [-0.3, -0.25) is 9.30 Å². The van der Waals surface area contributed by atoms with Gasteiger partial charge in [0, 0.05) is 36.8 Å². The zero-order valence-electron chi connectivity index (χ0n) is 20.5. The Morgan fingerprint density at radius 1 is 1.16 bits per heavy atom. The van der Waals surface area contributed by atoms with Crippen LogP contribution in [0.2, 0.25) is 0 Å². The standard InChI is InChI=1S/C25H25ClF4N6O2/c1-13(26)12-38-21-11-35(10-17(21)31)23(25(28,29)30)15-4-6-22-33-34-24(36(22)9-15)18-5-3-14-7-16(27)20(37-2)8-19(14)32-18/h3-9,13,17,21,23H,10-12,31H2,1-2H3/t13-,17-,21+,23-/m1/s1. The summed E-state index contributed by atoms with van der Waals surface area (Å²) in [5.41, 5.74) is 7.25. The van der Waals surface area contributed by atoms with Gasteiger partial charge in [-0.05, 0) is 30.7 Å². The smallest absolute Gasteiger partial charge is 0.408 e. The van der Waals surface area contributed by atoms with E-state index in [-0.39, 0.29) is 42.2 Å². The maximum atomic E-state index is 14.4. The fraction of sp³-hybridized carbons (Fsp3) is 0.400. The van der Waals surface area contributed by atoms with Crippen LogP contribution in [0, 0.1) is 5.82 Å². The van der Waals surface area contributed by atoms with Crippen molar-refractivity contribution in [3.05, 3.63) is 54.0 Å². The predicted octanol–water partition coefficient (Wildman–Crippen LogP) is 4.35. The number of pyridine rings is 2. The number of aromatic nitrogens is 4. The van der Waals surface area contributed by atoms with E-state index < -0.39 is 30.2 Å². The summed E-state index contributed by atoms with van der Waals surface area (Å²) in [5, 5.41) is 8.49. The van der Waals surface area contributed by atoms with Crippen LogP contribution in [0.25, 0.3) is 28.1 Å². The Balaban J connectivity index is 1.52. The van der Waals surface area contributed by atoms with E-state index in [1.54, 1.807) is 19.1 Å². The molecule has 0 unspecified atom stereocenters. The Hall–Kier alpha value is -3.06. The van der Waals surface area contributed by atoms with Gasteiger partial charge in [0.05, 0.1) is 30.7 Å². The average Bonchev–Trinajstić information content (AvgIpc) is 3.44. The Morgan fingerprint density at radius 3 is 2.66 bits per heavy atom. The fourth-order valence-electron chi connectivity index (χ4n) is 4.73. The lowest BCUT2D eigenvalue weighted by Gasteiger charge is -2.30. The van der Waals surface area contributed by atoms with Crippen LogP contribution in [0.15, 0.2) is 42.6 Å². The highest BCUT2D eigenvalue weighted by Crippen LogP contribution is 2.40. The minimum atomic E-state index is -4.59. The molecule has 1 fully saturated rings. The minimum Gasteiger partial charge on any atom is -0.494 e. The third kappa shape index (κ3) is 5.13. The van der Waals surface area contributed by atoms with Crippen molar-refractivity contribution < 1.29 is 27.0 Å². The van der Waals surface area contributed by atoms with Gasteiger partial charge < -0.3 is 15.2 Å². The van der Waals surface area contributed by atoms with Crippen LogP contribution < -0.4 is 10.5 Å². The molecular weight excluding hydrogens is 528 g/mol. The van der Waals surface area contributed by atoms with Gasteiger partial charge in [-0.15, -0.1) is 21.8 Å². The van der Waals surface area contributed by atoms with Crippen molar-refractivity contribution >= 4 is 28.2 Å². The van der Waals surface area contributed by atoms with Crippen LogP contribution >= 0.6 is 11.6 Å². The van der Waals surface area contributed by atoms with Gasteiger partial charge >= 0.3 is 6.18 Å². The van der Waals surface area contributed by atoms with Gasteiger partial charge in [0.25, 0.3) is 0 Å². The largest absolute Gasteiger partial charge is 0.494 e. The van der Waals surface area contributed by atoms with Crippen LogP contribution in [0.4, 0.5) is 17.6 Å². The molecule has 1 aromatic carbocycles. The summed E-state index contributed by atoms with van der Waals surface area (Å²) in [6.07, 6.45) is -3.79. The summed E-state index contributed by atoms with van der Waals surface area (Å²) in [4.78, 5) is 5.80. The van der Waals surface area contributed by atoms with E-state index in [1.807, 2.05) is 0 Å². The number of nitrogens with zero attached hydrogens (tertiary/aromatic N) is 5. The summed E-state index contributed by atoms with van der Waals surface area (Å²) >= 11 is 5.93. The maximum Gasteiger partial charge on any atom is 0.408 e.